The van der Waals surface area contributed by atoms with Crippen molar-refractivity contribution in [2.45, 2.75) is 0 Å². The van der Waals surface area contributed by atoms with Crippen molar-refractivity contribution in [1.29, 1.82) is 0 Å². The molecule has 0 saturated heterocycles. The van der Waals surface area contributed by atoms with E-state index in [4.69, 9.17) is 9.47 Å². The summed E-state index contributed by atoms with van der Waals surface area (Å²) in [4.78, 5) is 20.8. The Morgan fingerprint density at radius 1 is 1.40 bits per heavy atom. The van der Waals surface area contributed by atoms with Crippen molar-refractivity contribution in [3.63, 3.8) is 0 Å². The topological polar surface area (TPSA) is 60.8 Å². The maximum atomic E-state index is 11.8. The van der Waals surface area contributed by atoms with Crippen LogP contribution >= 0.6 is 11.3 Å². The van der Waals surface area contributed by atoms with Crippen LogP contribution in [0, 0.1) is 0 Å². The number of cyclic esters (lactones) is 1. The van der Waals surface area contributed by atoms with Crippen molar-refractivity contribution in [2.75, 3.05) is 7.11 Å². The first-order valence-corrected chi connectivity index (χ1v) is 6.71. The number of pyridine rings is 1. The molecule has 0 unspecified atom stereocenters. The SMILES string of the molecule is COc1cc(/C=C2\N=C(c3cccs3)OC2=O)ccn1. The van der Waals surface area contributed by atoms with Gasteiger partial charge in [-0.05, 0) is 29.2 Å². The van der Waals surface area contributed by atoms with E-state index in [0.717, 1.165) is 10.4 Å². The van der Waals surface area contributed by atoms with Crippen molar-refractivity contribution in [2.24, 2.45) is 4.99 Å². The molecule has 0 aromatic carbocycles. The predicted molar refractivity (Wildman–Crippen MR) is 75.7 cm³/mol. The summed E-state index contributed by atoms with van der Waals surface area (Å²) in [6, 6.07) is 7.22. The Kier molecular flexibility index (Phi) is 3.30. The molecule has 1 aliphatic heterocycles. The predicted octanol–water partition coefficient (Wildman–Crippen LogP) is 2.50. The molecule has 0 atom stereocenters. The van der Waals surface area contributed by atoms with Crippen molar-refractivity contribution in [1.82, 2.24) is 4.98 Å². The Balaban J connectivity index is 1.93. The molecule has 0 bridgehead atoms. The van der Waals surface area contributed by atoms with E-state index in [1.165, 1.54) is 18.4 Å². The quantitative estimate of drug-likeness (QED) is 0.642. The number of carbonyl (C=O) groups excluding carboxylic acids is 1. The number of hydrogen-bond acceptors (Lipinski definition) is 6. The van der Waals surface area contributed by atoms with Gasteiger partial charge in [-0.3, -0.25) is 0 Å². The first-order valence-electron chi connectivity index (χ1n) is 5.83. The second-order valence-corrected chi connectivity index (χ2v) is 4.89. The average molecular weight is 286 g/mol. The highest BCUT2D eigenvalue weighted by Gasteiger charge is 2.24. The van der Waals surface area contributed by atoms with Gasteiger partial charge in [0.1, 0.15) is 0 Å². The summed E-state index contributed by atoms with van der Waals surface area (Å²) >= 11 is 1.47. The molecule has 2 aromatic heterocycles. The minimum absolute atomic E-state index is 0.265. The second kappa shape index (κ2) is 5.26. The molecule has 0 fully saturated rings. The van der Waals surface area contributed by atoms with Gasteiger partial charge < -0.3 is 9.47 Å². The van der Waals surface area contributed by atoms with Crippen LogP contribution in [0.15, 0.2) is 46.5 Å². The molecule has 0 radical (unpaired) electrons. The van der Waals surface area contributed by atoms with Crippen LogP contribution in [-0.4, -0.2) is 24.0 Å². The van der Waals surface area contributed by atoms with Crippen LogP contribution in [0.4, 0.5) is 0 Å². The van der Waals surface area contributed by atoms with Gasteiger partial charge in [0.15, 0.2) is 5.70 Å². The molecule has 100 valence electrons. The fourth-order valence-electron chi connectivity index (χ4n) is 1.70. The summed E-state index contributed by atoms with van der Waals surface area (Å²) in [5.41, 5.74) is 1.04. The molecular weight excluding hydrogens is 276 g/mol. The van der Waals surface area contributed by atoms with Crippen LogP contribution in [0.2, 0.25) is 0 Å². The molecule has 0 saturated carbocycles. The number of rotatable bonds is 3. The molecule has 20 heavy (non-hydrogen) atoms. The van der Waals surface area contributed by atoms with E-state index >= 15 is 0 Å². The fourth-order valence-corrected chi connectivity index (χ4v) is 2.35. The molecule has 1 aliphatic rings. The number of ether oxygens (including phenoxy) is 2. The van der Waals surface area contributed by atoms with Gasteiger partial charge in [0, 0.05) is 12.3 Å². The minimum atomic E-state index is -0.454. The number of esters is 1. The summed E-state index contributed by atoms with van der Waals surface area (Å²) in [5.74, 6) is 0.370. The summed E-state index contributed by atoms with van der Waals surface area (Å²) in [5, 5.41) is 1.90. The van der Waals surface area contributed by atoms with Crippen LogP contribution in [-0.2, 0) is 9.53 Å². The van der Waals surface area contributed by atoms with Gasteiger partial charge in [0.25, 0.3) is 0 Å². The van der Waals surface area contributed by atoms with Gasteiger partial charge >= 0.3 is 5.97 Å². The zero-order valence-corrected chi connectivity index (χ0v) is 11.4. The molecule has 5 nitrogen and oxygen atoms in total. The first kappa shape index (κ1) is 12.6. The molecule has 0 N–H and O–H groups in total. The summed E-state index contributed by atoms with van der Waals surface area (Å²) < 4.78 is 10.2. The average Bonchev–Trinajstić information content (AvgIpc) is 3.10. The third-order valence-electron chi connectivity index (χ3n) is 2.62. The fraction of sp³-hybridized carbons (Fsp3) is 0.0714. The Morgan fingerprint density at radius 2 is 2.30 bits per heavy atom. The number of aromatic nitrogens is 1. The largest absolute Gasteiger partial charge is 0.481 e. The normalized spacial score (nSPS) is 16.1. The smallest absolute Gasteiger partial charge is 0.363 e. The van der Waals surface area contributed by atoms with E-state index in [1.54, 1.807) is 24.4 Å². The zero-order valence-electron chi connectivity index (χ0n) is 10.6. The van der Waals surface area contributed by atoms with Crippen LogP contribution in [0.1, 0.15) is 10.4 Å². The molecule has 0 aliphatic carbocycles. The molecule has 0 spiro atoms. The van der Waals surface area contributed by atoms with Gasteiger partial charge in [0.05, 0.1) is 12.0 Å². The highest BCUT2D eigenvalue weighted by Crippen LogP contribution is 2.22. The third-order valence-corrected chi connectivity index (χ3v) is 3.48. The van der Waals surface area contributed by atoms with Crippen molar-refractivity contribution in [3.8, 4) is 5.88 Å². The van der Waals surface area contributed by atoms with E-state index in [2.05, 4.69) is 9.98 Å². The lowest BCUT2D eigenvalue weighted by Gasteiger charge is -1.98. The Hall–Kier alpha value is -2.47. The molecule has 6 heteroatoms. The van der Waals surface area contributed by atoms with Gasteiger partial charge in [-0.25, -0.2) is 14.8 Å². The van der Waals surface area contributed by atoms with E-state index in [-0.39, 0.29) is 5.70 Å². The van der Waals surface area contributed by atoms with Crippen LogP contribution < -0.4 is 4.74 Å². The molecule has 2 aromatic rings. The van der Waals surface area contributed by atoms with Crippen LogP contribution in [0.5, 0.6) is 5.88 Å². The van der Waals surface area contributed by atoms with Gasteiger partial charge in [-0.2, -0.15) is 0 Å². The maximum Gasteiger partial charge on any atom is 0.363 e. The van der Waals surface area contributed by atoms with Gasteiger partial charge in [-0.1, -0.05) is 6.07 Å². The molecular formula is C14H10N2O3S. The number of carbonyl (C=O) groups is 1. The molecule has 3 heterocycles. The summed E-state index contributed by atoms with van der Waals surface area (Å²) in [6.07, 6.45) is 3.25. The lowest BCUT2D eigenvalue weighted by atomic mass is 10.2. The number of methoxy groups -OCH3 is 1. The third kappa shape index (κ3) is 2.46. The number of aliphatic imine (C=N–C) groups is 1. The van der Waals surface area contributed by atoms with E-state index < -0.39 is 5.97 Å². The second-order valence-electron chi connectivity index (χ2n) is 3.94. The van der Waals surface area contributed by atoms with Crippen LogP contribution in [0.3, 0.4) is 0 Å². The Bertz CT molecular complexity index is 705. The maximum absolute atomic E-state index is 11.8. The number of thiophene rings is 1. The van der Waals surface area contributed by atoms with Crippen LogP contribution in [0.25, 0.3) is 6.08 Å². The van der Waals surface area contributed by atoms with Gasteiger partial charge in [-0.15, -0.1) is 11.3 Å². The highest BCUT2D eigenvalue weighted by molar-refractivity contribution is 7.12. The summed E-state index contributed by atoms with van der Waals surface area (Å²) in [6.45, 7) is 0. The van der Waals surface area contributed by atoms with E-state index in [1.807, 2.05) is 17.5 Å². The van der Waals surface area contributed by atoms with Crippen molar-refractivity contribution in [3.05, 3.63) is 52.0 Å². The zero-order chi connectivity index (χ0) is 13.9. The Morgan fingerprint density at radius 3 is 3.05 bits per heavy atom. The van der Waals surface area contributed by atoms with Crippen molar-refractivity contribution >= 4 is 29.3 Å². The first-order chi connectivity index (χ1) is 9.76. The molecule has 3 rings (SSSR count). The number of hydrogen-bond donors (Lipinski definition) is 0. The lowest BCUT2D eigenvalue weighted by molar-refractivity contribution is -0.129. The lowest BCUT2D eigenvalue weighted by Crippen LogP contribution is -2.03. The Labute approximate surface area is 119 Å². The summed E-state index contributed by atoms with van der Waals surface area (Å²) in [7, 11) is 1.54. The highest BCUT2D eigenvalue weighted by atomic mass is 32.1. The minimum Gasteiger partial charge on any atom is -0.481 e. The number of nitrogens with zero attached hydrogens (tertiary/aromatic N) is 2. The van der Waals surface area contributed by atoms with Gasteiger partial charge in [0.2, 0.25) is 11.8 Å². The molecule has 0 amide bonds. The van der Waals surface area contributed by atoms with E-state index in [9.17, 15) is 4.79 Å². The van der Waals surface area contributed by atoms with Crippen molar-refractivity contribution < 1.29 is 14.3 Å². The monoisotopic (exact) mass is 286 g/mol. The standard InChI is InChI=1S/C14H10N2O3S/c1-18-12-8-9(4-5-15-12)7-10-14(17)19-13(16-10)11-3-2-6-20-11/h2-8H,1H3/b10-7-. The van der Waals surface area contributed by atoms with E-state index in [0.29, 0.717) is 11.8 Å².